The smallest absolute Gasteiger partial charge is 0 e. The molecule has 1 aromatic heterocycles. The van der Waals surface area contributed by atoms with E-state index in [1.165, 1.54) is 31.7 Å². The predicted octanol–water partition coefficient (Wildman–Crippen LogP) is 3.93. The van der Waals surface area contributed by atoms with Gasteiger partial charge in [0, 0.05) is 32.7 Å². The number of rotatable bonds is 0. The van der Waals surface area contributed by atoms with Crippen LogP contribution in [0, 0.1) is 33.8 Å². The summed E-state index contributed by atoms with van der Waals surface area (Å²) in [6.45, 7) is 8.71. The monoisotopic (exact) mass is 278 g/mol. The maximum atomic E-state index is 3.36. The molecule has 1 radical (unpaired) electrons. The minimum atomic E-state index is 0. The van der Waals surface area contributed by atoms with Crippen LogP contribution in [0.4, 0.5) is 0 Å². The largest absolute Gasteiger partial charge is 0.203 e. The summed E-state index contributed by atoms with van der Waals surface area (Å²) in [5.41, 5.74) is 4.15. The third-order valence-corrected chi connectivity index (χ3v) is 4.08. The molecule has 0 amide bonds. The van der Waals surface area contributed by atoms with Crippen LogP contribution >= 0.6 is 11.3 Å². The minimum Gasteiger partial charge on any atom is -0.203 e. The second-order valence-electron chi connectivity index (χ2n) is 3.58. The molecule has 0 bridgehead atoms. The summed E-state index contributed by atoms with van der Waals surface area (Å²) in [6.07, 6.45) is 0. The van der Waals surface area contributed by atoms with Crippen molar-refractivity contribution in [2.75, 3.05) is 0 Å². The van der Waals surface area contributed by atoms with E-state index in [9.17, 15) is 0 Å². The van der Waals surface area contributed by atoms with Crippen LogP contribution in [0.1, 0.15) is 21.6 Å². The summed E-state index contributed by atoms with van der Waals surface area (Å²) < 4.78 is 1.41. The van der Waals surface area contributed by atoms with Crippen molar-refractivity contribution >= 4 is 21.4 Å². The van der Waals surface area contributed by atoms with Crippen molar-refractivity contribution in [3.8, 4) is 0 Å². The van der Waals surface area contributed by atoms with Gasteiger partial charge in [0.15, 0.2) is 0 Å². The molecule has 0 saturated carbocycles. The molecule has 2 rings (SSSR count). The summed E-state index contributed by atoms with van der Waals surface area (Å²) in [5, 5.41) is 1.31. The van der Waals surface area contributed by atoms with Gasteiger partial charge in [-0.3, -0.25) is 0 Å². The van der Waals surface area contributed by atoms with E-state index in [1.54, 1.807) is 0 Å². The molecule has 2 aromatic rings. The van der Waals surface area contributed by atoms with Gasteiger partial charge in [-0.25, -0.2) is 11.3 Å². The molecular weight excluding hydrogens is 265 g/mol. The summed E-state index contributed by atoms with van der Waals surface area (Å²) in [4.78, 5) is 1.42. The van der Waals surface area contributed by atoms with Crippen molar-refractivity contribution < 1.29 is 32.7 Å². The van der Waals surface area contributed by atoms with Gasteiger partial charge in [0.2, 0.25) is 0 Å². The van der Waals surface area contributed by atoms with E-state index in [4.69, 9.17) is 0 Å². The SMILES string of the molecule is Cc1c[c-]c2c(C)c(C)sc2c1C.[Y]. The fraction of sp³-hybridized carbons (Fsp3) is 0.333. The Morgan fingerprint density at radius 1 is 1.07 bits per heavy atom. The first-order chi connectivity index (χ1) is 6.11. The van der Waals surface area contributed by atoms with Crippen molar-refractivity contribution in [1.29, 1.82) is 0 Å². The molecule has 0 fully saturated rings. The van der Waals surface area contributed by atoms with E-state index in [0.29, 0.717) is 0 Å². The van der Waals surface area contributed by atoms with Crippen molar-refractivity contribution in [1.82, 2.24) is 0 Å². The molecule has 0 unspecified atom stereocenters. The Morgan fingerprint density at radius 2 is 1.71 bits per heavy atom. The minimum absolute atomic E-state index is 0. The second-order valence-corrected chi connectivity index (χ2v) is 4.81. The Hall–Kier alpha value is 0.284. The second kappa shape index (κ2) is 4.42. The first-order valence-corrected chi connectivity index (χ1v) is 5.30. The van der Waals surface area contributed by atoms with Gasteiger partial charge in [0.1, 0.15) is 0 Å². The summed E-state index contributed by atoms with van der Waals surface area (Å²) in [6, 6.07) is 5.45. The molecule has 0 aliphatic carbocycles. The van der Waals surface area contributed by atoms with E-state index in [1.807, 2.05) is 11.3 Å². The summed E-state index contributed by atoms with van der Waals surface area (Å²) in [7, 11) is 0. The molecule has 0 aliphatic heterocycles. The molecule has 2 heteroatoms. The van der Waals surface area contributed by atoms with Gasteiger partial charge in [-0.1, -0.05) is 25.5 Å². The first-order valence-electron chi connectivity index (χ1n) is 4.49. The third-order valence-electron chi connectivity index (χ3n) is 2.75. The molecule has 1 heterocycles. The molecule has 0 spiro atoms. The van der Waals surface area contributed by atoms with Crippen LogP contribution < -0.4 is 0 Å². The van der Waals surface area contributed by atoms with Crippen molar-refractivity contribution in [2.45, 2.75) is 27.7 Å². The third kappa shape index (κ3) is 1.82. The Kier molecular flexibility index (Phi) is 3.90. The van der Waals surface area contributed by atoms with Crippen LogP contribution in [-0.2, 0) is 32.7 Å². The Labute approximate surface area is 115 Å². The number of fused-ring (bicyclic) bond motifs is 1. The van der Waals surface area contributed by atoms with Crippen LogP contribution in [0.3, 0.4) is 0 Å². The number of benzene rings is 1. The van der Waals surface area contributed by atoms with Crippen LogP contribution in [-0.4, -0.2) is 0 Å². The van der Waals surface area contributed by atoms with Crippen LogP contribution in [0.15, 0.2) is 6.07 Å². The average Bonchev–Trinajstić information content (AvgIpc) is 2.38. The molecule has 0 aliphatic rings. The molecule has 0 nitrogen and oxygen atoms in total. The fourth-order valence-electron chi connectivity index (χ4n) is 1.53. The normalized spacial score (nSPS) is 10.3. The van der Waals surface area contributed by atoms with Gasteiger partial charge in [-0.05, 0) is 11.8 Å². The number of aryl methyl sites for hydroxylation is 4. The molecule has 71 valence electrons. The molecule has 0 N–H and O–H groups in total. The molecule has 1 aromatic carbocycles. The van der Waals surface area contributed by atoms with Crippen molar-refractivity contribution in [2.24, 2.45) is 0 Å². The van der Waals surface area contributed by atoms with Crippen LogP contribution in [0.5, 0.6) is 0 Å². The zero-order valence-corrected chi connectivity index (χ0v) is 12.7. The van der Waals surface area contributed by atoms with Gasteiger partial charge >= 0.3 is 0 Å². The summed E-state index contributed by atoms with van der Waals surface area (Å²) >= 11 is 1.89. The van der Waals surface area contributed by atoms with E-state index in [0.717, 1.165) is 0 Å². The molecule has 14 heavy (non-hydrogen) atoms. The number of hydrogen-bond donors (Lipinski definition) is 0. The quantitative estimate of drug-likeness (QED) is 0.640. The Morgan fingerprint density at radius 3 is 2.36 bits per heavy atom. The topological polar surface area (TPSA) is 0 Å². The van der Waals surface area contributed by atoms with Gasteiger partial charge in [0.05, 0.1) is 0 Å². The molecule has 0 saturated heterocycles. The first kappa shape index (κ1) is 12.4. The number of thiophene rings is 1. The van der Waals surface area contributed by atoms with Gasteiger partial charge in [0.25, 0.3) is 0 Å². The predicted molar refractivity (Wildman–Crippen MR) is 59.6 cm³/mol. The molecular formula is C12H13SY-. The number of hydrogen-bond acceptors (Lipinski definition) is 1. The standard InChI is InChI=1S/C12H13S.Y/c1-7-5-6-11-9(3)10(4)13-12(11)8(7)2;/h5H,1-4H3;/q-1;. The van der Waals surface area contributed by atoms with Crippen LogP contribution in [0.2, 0.25) is 0 Å². The van der Waals surface area contributed by atoms with Gasteiger partial charge < -0.3 is 0 Å². The Balaban J connectivity index is 0.000000980. The van der Waals surface area contributed by atoms with E-state index in [2.05, 4.69) is 39.8 Å². The maximum absolute atomic E-state index is 3.36. The Bertz CT molecular complexity index is 469. The van der Waals surface area contributed by atoms with Crippen LogP contribution in [0.25, 0.3) is 10.1 Å². The van der Waals surface area contributed by atoms with Crippen molar-refractivity contribution in [3.05, 3.63) is 33.7 Å². The van der Waals surface area contributed by atoms with Crippen molar-refractivity contribution in [3.63, 3.8) is 0 Å². The zero-order chi connectivity index (χ0) is 9.59. The van der Waals surface area contributed by atoms with Gasteiger partial charge in [-0.15, -0.1) is 34.2 Å². The molecule has 0 atom stereocenters. The maximum Gasteiger partial charge on any atom is 0 e. The van der Waals surface area contributed by atoms with Gasteiger partial charge in [-0.2, -0.15) is 0 Å². The average molecular weight is 278 g/mol. The van der Waals surface area contributed by atoms with E-state index in [-0.39, 0.29) is 32.7 Å². The van der Waals surface area contributed by atoms with E-state index >= 15 is 0 Å². The summed E-state index contributed by atoms with van der Waals surface area (Å²) in [5.74, 6) is 0. The zero-order valence-electron chi connectivity index (χ0n) is 9.06. The fourth-order valence-corrected chi connectivity index (χ4v) is 2.72. The van der Waals surface area contributed by atoms with E-state index < -0.39 is 0 Å².